The Labute approximate surface area is 230 Å². The lowest BCUT2D eigenvalue weighted by Crippen LogP contribution is -2.58. The van der Waals surface area contributed by atoms with E-state index in [1.54, 1.807) is 0 Å². The Hall–Kier alpha value is -3.72. The van der Waals surface area contributed by atoms with Crippen LogP contribution in [0.15, 0.2) is 60.7 Å². The summed E-state index contributed by atoms with van der Waals surface area (Å²) in [7, 11) is 0. The zero-order valence-electron chi connectivity index (χ0n) is 23.2. The van der Waals surface area contributed by atoms with Gasteiger partial charge in [-0.15, -0.1) is 0 Å². The number of carbonyl (C=O) groups excluding carboxylic acids is 3. The maximum absolute atomic E-state index is 13.6. The number of rotatable bonds is 15. The highest BCUT2D eigenvalue weighted by Crippen LogP contribution is 2.10. The third-order valence-electron chi connectivity index (χ3n) is 6.22. The van der Waals surface area contributed by atoms with E-state index >= 15 is 0 Å². The molecule has 0 heterocycles. The molecule has 6 N–H and O–H groups in total. The molecule has 0 saturated heterocycles. The predicted octanol–water partition coefficient (Wildman–Crippen LogP) is 2.43. The Bertz CT molecular complexity index is 1080. The molecule has 212 valence electrons. The first-order valence-electron chi connectivity index (χ1n) is 13.4. The zero-order valence-corrected chi connectivity index (χ0v) is 23.2. The van der Waals surface area contributed by atoms with Gasteiger partial charge in [0.25, 0.3) is 0 Å². The second-order valence-corrected chi connectivity index (χ2v) is 10.8. The molecule has 2 aromatic rings. The second-order valence-electron chi connectivity index (χ2n) is 10.8. The summed E-state index contributed by atoms with van der Waals surface area (Å²) in [5.41, 5.74) is 7.68. The first-order valence-corrected chi connectivity index (χ1v) is 13.4. The van der Waals surface area contributed by atoms with Gasteiger partial charge in [0, 0.05) is 12.8 Å². The smallest absolute Gasteiger partial charge is 0.326 e. The van der Waals surface area contributed by atoms with Crippen molar-refractivity contribution in [2.75, 3.05) is 0 Å². The Morgan fingerprint density at radius 3 is 1.41 bits per heavy atom. The fourth-order valence-corrected chi connectivity index (χ4v) is 4.25. The van der Waals surface area contributed by atoms with Gasteiger partial charge in [0.15, 0.2) is 0 Å². The lowest BCUT2D eigenvalue weighted by molar-refractivity contribution is -0.142. The molecule has 0 aliphatic carbocycles. The molecule has 4 unspecified atom stereocenters. The molecule has 2 aromatic carbocycles. The van der Waals surface area contributed by atoms with Crippen LogP contribution in [0.3, 0.4) is 0 Å². The summed E-state index contributed by atoms with van der Waals surface area (Å²) in [4.78, 5) is 51.5. The van der Waals surface area contributed by atoms with Crippen LogP contribution in [-0.4, -0.2) is 53.0 Å². The van der Waals surface area contributed by atoms with Gasteiger partial charge >= 0.3 is 5.97 Å². The number of carbonyl (C=O) groups is 4. The van der Waals surface area contributed by atoms with Crippen molar-refractivity contribution in [2.24, 2.45) is 17.6 Å². The number of hydrogen-bond donors (Lipinski definition) is 5. The number of hydrogen-bond acceptors (Lipinski definition) is 5. The fraction of sp³-hybridized carbons (Fsp3) is 0.467. The van der Waals surface area contributed by atoms with Crippen LogP contribution in [0.1, 0.15) is 51.7 Å². The van der Waals surface area contributed by atoms with Gasteiger partial charge in [-0.25, -0.2) is 4.79 Å². The zero-order chi connectivity index (χ0) is 28.9. The highest BCUT2D eigenvalue weighted by Gasteiger charge is 2.31. The first kappa shape index (κ1) is 31.5. The summed E-state index contributed by atoms with van der Waals surface area (Å²) < 4.78 is 0. The highest BCUT2D eigenvalue weighted by molar-refractivity contribution is 5.94. The number of aliphatic carboxylic acids is 1. The predicted molar refractivity (Wildman–Crippen MR) is 151 cm³/mol. The molecule has 9 heteroatoms. The van der Waals surface area contributed by atoms with Gasteiger partial charge < -0.3 is 26.8 Å². The largest absolute Gasteiger partial charge is 0.480 e. The van der Waals surface area contributed by atoms with E-state index in [2.05, 4.69) is 16.0 Å². The molecule has 0 aliphatic rings. The van der Waals surface area contributed by atoms with Crippen LogP contribution in [0.2, 0.25) is 0 Å². The van der Waals surface area contributed by atoms with Crippen LogP contribution >= 0.6 is 0 Å². The fourth-order valence-electron chi connectivity index (χ4n) is 4.25. The number of nitrogens with two attached hydrogens (primary N) is 1. The Balaban J connectivity index is 2.29. The van der Waals surface area contributed by atoms with Gasteiger partial charge in [-0.1, -0.05) is 88.4 Å². The van der Waals surface area contributed by atoms with E-state index in [9.17, 15) is 24.3 Å². The van der Waals surface area contributed by atoms with E-state index in [-0.39, 0.29) is 31.1 Å². The summed E-state index contributed by atoms with van der Waals surface area (Å²) >= 11 is 0. The molecule has 39 heavy (non-hydrogen) atoms. The van der Waals surface area contributed by atoms with E-state index in [4.69, 9.17) is 5.73 Å². The number of amides is 3. The third kappa shape index (κ3) is 11.3. The molecular weight excluding hydrogens is 496 g/mol. The monoisotopic (exact) mass is 538 g/mol. The van der Waals surface area contributed by atoms with Crippen molar-refractivity contribution in [3.8, 4) is 0 Å². The van der Waals surface area contributed by atoms with Gasteiger partial charge in [-0.05, 0) is 35.8 Å². The molecule has 0 radical (unpaired) electrons. The van der Waals surface area contributed by atoms with Crippen LogP contribution in [0.5, 0.6) is 0 Å². The van der Waals surface area contributed by atoms with Crippen molar-refractivity contribution < 1.29 is 24.3 Å². The maximum atomic E-state index is 13.6. The topological polar surface area (TPSA) is 151 Å². The number of carboxylic acid groups (broad SMARTS) is 1. The molecule has 0 aliphatic heterocycles. The average Bonchev–Trinajstić information content (AvgIpc) is 2.87. The van der Waals surface area contributed by atoms with Crippen LogP contribution in [0, 0.1) is 11.8 Å². The second kappa shape index (κ2) is 15.6. The molecule has 0 bridgehead atoms. The lowest BCUT2D eigenvalue weighted by Gasteiger charge is -2.26. The summed E-state index contributed by atoms with van der Waals surface area (Å²) in [6, 6.07) is 14.4. The molecule has 0 spiro atoms. The summed E-state index contributed by atoms with van der Waals surface area (Å²) in [5, 5.41) is 17.7. The van der Waals surface area contributed by atoms with Gasteiger partial charge in [-0.2, -0.15) is 0 Å². The van der Waals surface area contributed by atoms with Gasteiger partial charge in [-0.3, -0.25) is 14.4 Å². The SMILES string of the molecule is CC(C)CC(N)C(=O)NC(Cc1ccccc1)C(=O)NC(Cc1ccccc1)C(=O)NC(CC(C)C)C(=O)O. The molecule has 2 rings (SSSR count). The standard InChI is InChI=1S/C30H42N4O5/c1-19(2)15-23(31)27(35)32-24(17-21-11-7-5-8-12-21)28(36)33-25(18-22-13-9-6-10-14-22)29(37)34-26(30(38)39)16-20(3)4/h5-14,19-20,23-26H,15-18,31H2,1-4H3,(H,32,35)(H,33,36)(H,34,37)(H,38,39). The molecule has 0 saturated carbocycles. The summed E-state index contributed by atoms with van der Waals surface area (Å²) in [6.07, 6.45) is 1.04. The number of benzene rings is 2. The van der Waals surface area contributed by atoms with Crippen molar-refractivity contribution in [3.05, 3.63) is 71.8 Å². The van der Waals surface area contributed by atoms with Crippen LogP contribution in [0.25, 0.3) is 0 Å². The van der Waals surface area contributed by atoms with E-state index in [0.717, 1.165) is 11.1 Å². The van der Waals surface area contributed by atoms with E-state index in [1.165, 1.54) is 0 Å². The minimum atomic E-state index is -1.14. The number of nitrogens with one attached hydrogen (secondary N) is 3. The lowest BCUT2D eigenvalue weighted by atomic mass is 10.00. The first-order chi connectivity index (χ1) is 18.5. The Morgan fingerprint density at radius 2 is 1.03 bits per heavy atom. The van der Waals surface area contributed by atoms with E-state index in [0.29, 0.717) is 6.42 Å². The van der Waals surface area contributed by atoms with Crippen LogP contribution in [-0.2, 0) is 32.0 Å². The third-order valence-corrected chi connectivity index (χ3v) is 6.22. The molecule has 0 fully saturated rings. The molecule has 0 aromatic heterocycles. The van der Waals surface area contributed by atoms with Gasteiger partial charge in [0.1, 0.15) is 18.1 Å². The molecular formula is C30H42N4O5. The van der Waals surface area contributed by atoms with Crippen molar-refractivity contribution >= 4 is 23.7 Å². The average molecular weight is 539 g/mol. The van der Waals surface area contributed by atoms with Gasteiger partial charge in [0.05, 0.1) is 6.04 Å². The van der Waals surface area contributed by atoms with E-state index in [1.807, 2.05) is 88.4 Å². The minimum Gasteiger partial charge on any atom is -0.480 e. The number of carboxylic acids is 1. The minimum absolute atomic E-state index is 0.0362. The van der Waals surface area contributed by atoms with Crippen molar-refractivity contribution in [1.29, 1.82) is 0 Å². The molecule has 3 amide bonds. The summed E-state index contributed by atoms with van der Waals surface area (Å²) in [6.45, 7) is 7.65. The highest BCUT2D eigenvalue weighted by atomic mass is 16.4. The van der Waals surface area contributed by atoms with E-state index < -0.39 is 47.9 Å². The molecule has 9 nitrogen and oxygen atoms in total. The summed E-state index contributed by atoms with van der Waals surface area (Å²) in [5.74, 6) is -2.53. The van der Waals surface area contributed by atoms with Crippen molar-refractivity contribution in [1.82, 2.24) is 16.0 Å². The normalized spacial score (nSPS) is 14.2. The Kier molecular flexibility index (Phi) is 12.6. The Morgan fingerprint density at radius 1 is 0.641 bits per heavy atom. The quantitative estimate of drug-likeness (QED) is 0.235. The van der Waals surface area contributed by atoms with Crippen LogP contribution in [0.4, 0.5) is 0 Å². The van der Waals surface area contributed by atoms with Crippen molar-refractivity contribution in [2.45, 2.75) is 77.5 Å². The maximum Gasteiger partial charge on any atom is 0.326 e. The van der Waals surface area contributed by atoms with Crippen LogP contribution < -0.4 is 21.7 Å². The van der Waals surface area contributed by atoms with Crippen molar-refractivity contribution in [3.63, 3.8) is 0 Å². The molecule has 4 atom stereocenters. The van der Waals surface area contributed by atoms with Gasteiger partial charge in [0.2, 0.25) is 17.7 Å².